The van der Waals surface area contributed by atoms with Gasteiger partial charge in [-0.3, -0.25) is 4.79 Å². The Morgan fingerprint density at radius 2 is 2.04 bits per heavy atom. The molecule has 1 aromatic carbocycles. The zero-order valence-corrected chi connectivity index (χ0v) is 14.4. The number of benzene rings is 1. The van der Waals surface area contributed by atoms with Gasteiger partial charge in [-0.05, 0) is 37.5 Å². The Bertz CT molecular complexity index is 628. The number of nitrogens with zero attached hydrogens (tertiary/aromatic N) is 1. The van der Waals surface area contributed by atoms with Gasteiger partial charge >= 0.3 is 0 Å². The highest BCUT2D eigenvalue weighted by atomic mass is 32.2. The van der Waals surface area contributed by atoms with Crippen LogP contribution in [0.3, 0.4) is 0 Å². The van der Waals surface area contributed by atoms with E-state index >= 15 is 0 Å². The normalized spacial score (nSPS) is 18.7. The van der Waals surface area contributed by atoms with E-state index in [0.29, 0.717) is 26.1 Å². The van der Waals surface area contributed by atoms with Gasteiger partial charge in [0.15, 0.2) is 0 Å². The summed E-state index contributed by atoms with van der Waals surface area (Å²) in [5.41, 5.74) is 0.927. The molecule has 1 amide bonds. The number of carbonyl (C=O) groups is 1. The van der Waals surface area contributed by atoms with Crippen LogP contribution in [0.1, 0.15) is 25.3 Å². The molecule has 1 N–H and O–H groups in total. The van der Waals surface area contributed by atoms with Crippen LogP contribution in [0.5, 0.6) is 5.75 Å². The number of amides is 1. The van der Waals surface area contributed by atoms with Crippen molar-refractivity contribution in [3.63, 3.8) is 0 Å². The molecule has 0 aliphatic carbocycles. The van der Waals surface area contributed by atoms with Gasteiger partial charge in [0.2, 0.25) is 15.9 Å². The van der Waals surface area contributed by atoms with Crippen molar-refractivity contribution in [3.05, 3.63) is 29.8 Å². The summed E-state index contributed by atoms with van der Waals surface area (Å²) in [5.74, 6) is 0.813. The summed E-state index contributed by atoms with van der Waals surface area (Å²) in [6.45, 7) is 3.65. The van der Waals surface area contributed by atoms with Crippen LogP contribution in [0.25, 0.3) is 0 Å². The number of hydrogen-bond acceptors (Lipinski definition) is 4. The molecule has 128 valence electrons. The third kappa shape index (κ3) is 5.84. The minimum atomic E-state index is -3.24. The average Bonchev–Trinajstić information content (AvgIpc) is 2.48. The van der Waals surface area contributed by atoms with Crippen LogP contribution in [0.15, 0.2) is 24.3 Å². The van der Waals surface area contributed by atoms with E-state index in [-0.39, 0.29) is 11.9 Å². The summed E-state index contributed by atoms with van der Waals surface area (Å²) in [4.78, 5) is 14.1. The lowest BCUT2D eigenvalue weighted by Gasteiger charge is -2.32. The van der Waals surface area contributed by atoms with Crippen LogP contribution in [0.2, 0.25) is 0 Å². The molecule has 6 nitrogen and oxygen atoms in total. The highest BCUT2D eigenvalue weighted by molar-refractivity contribution is 7.88. The van der Waals surface area contributed by atoms with Crippen molar-refractivity contribution < 1.29 is 17.9 Å². The van der Waals surface area contributed by atoms with Gasteiger partial charge in [0.05, 0.1) is 19.3 Å². The summed E-state index contributed by atoms with van der Waals surface area (Å²) in [7, 11) is -3.24. The van der Waals surface area contributed by atoms with Gasteiger partial charge in [0.1, 0.15) is 5.75 Å². The third-order valence-corrected chi connectivity index (χ3v) is 4.51. The second-order valence-corrected chi connectivity index (χ2v) is 7.60. The average molecular weight is 340 g/mol. The van der Waals surface area contributed by atoms with Crippen molar-refractivity contribution >= 4 is 15.9 Å². The quantitative estimate of drug-likeness (QED) is 0.843. The van der Waals surface area contributed by atoms with E-state index in [4.69, 9.17) is 4.74 Å². The molecule has 1 fully saturated rings. The van der Waals surface area contributed by atoms with Gasteiger partial charge in [0, 0.05) is 19.1 Å². The third-order valence-electron chi connectivity index (χ3n) is 3.74. The summed E-state index contributed by atoms with van der Waals surface area (Å²) in [6, 6.07) is 7.30. The van der Waals surface area contributed by atoms with Gasteiger partial charge in [-0.15, -0.1) is 0 Å². The minimum Gasteiger partial charge on any atom is -0.494 e. The predicted molar refractivity (Wildman–Crippen MR) is 88.9 cm³/mol. The van der Waals surface area contributed by atoms with Crippen molar-refractivity contribution in [2.24, 2.45) is 0 Å². The van der Waals surface area contributed by atoms with Crippen LogP contribution in [-0.2, 0) is 21.2 Å². The molecule has 1 saturated heterocycles. The first-order valence-electron chi connectivity index (χ1n) is 7.84. The first kappa shape index (κ1) is 17.7. The fourth-order valence-electron chi connectivity index (χ4n) is 2.76. The van der Waals surface area contributed by atoms with Gasteiger partial charge in [0.25, 0.3) is 0 Å². The SMILES string of the molecule is CCOc1ccc(CC(=O)N2CCC[C@H](NS(C)(=O)=O)C2)cc1. The smallest absolute Gasteiger partial charge is 0.227 e. The van der Waals surface area contributed by atoms with Crippen molar-refractivity contribution in [1.82, 2.24) is 9.62 Å². The molecule has 0 saturated carbocycles. The van der Waals surface area contributed by atoms with Crippen molar-refractivity contribution in [1.29, 1.82) is 0 Å². The van der Waals surface area contributed by atoms with Gasteiger partial charge < -0.3 is 9.64 Å². The molecule has 1 aliphatic rings. The van der Waals surface area contributed by atoms with Gasteiger partial charge in [-0.1, -0.05) is 12.1 Å². The van der Waals surface area contributed by atoms with E-state index in [1.165, 1.54) is 0 Å². The number of piperidine rings is 1. The molecule has 1 heterocycles. The lowest BCUT2D eigenvalue weighted by Crippen LogP contribution is -2.49. The van der Waals surface area contributed by atoms with Crippen molar-refractivity contribution in [2.75, 3.05) is 26.0 Å². The zero-order chi connectivity index (χ0) is 16.9. The molecule has 7 heteroatoms. The molecule has 0 bridgehead atoms. The number of rotatable bonds is 6. The van der Waals surface area contributed by atoms with E-state index in [0.717, 1.165) is 30.4 Å². The summed E-state index contributed by atoms with van der Waals surface area (Å²) in [5, 5.41) is 0. The lowest BCUT2D eigenvalue weighted by atomic mass is 10.0. The summed E-state index contributed by atoms with van der Waals surface area (Å²) in [6.07, 6.45) is 3.04. The largest absolute Gasteiger partial charge is 0.494 e. The maximum Gasteiger partial charge on any atom is 0.227 e. The number of likely N-dealkylation sites (tertiary alicyclic amines) is 1. The molecule has 2 rings (SSSR count). The zero-order valence-electron chi connectivity index (χ0n) is 13.6. The first-order valence-corrected chi connectivity index (χ1v) is 9.73. The molecule has 1 atom stereocenters. The Labute approximate surface area is 137 Å². The molecule has 23 heavy (non-hydrogen) atoms. The molecule has 1 aliphatic heterocycles. The monoisotopic (exact) mass is 340 g/mol. The Balaban J connectivity index is 1.91. The number of carbonyl (C=O) groups excluding carboxylic acids is 1. The van der Waals surface area contributed by atoms with E-state index in [1.54, 1.807) is 4.90 Å². The molecule has 0 unspecified atom stereocenters. The van der Waals surface area contributed by atoms with Crippen molar-refractivity contribution in [2.45, 2.75) is 32.2 Å². The topological polar surface area (TPSA) is 75.7 Å². The molecular formula is C16H24N2O4S. The maximum atomic E-state index is 12.4. The summed E-state index contributed by atoms with van der Waals surface area (Å²) < 4.78 is 30.6. The minimum absolute atomic E-state index is 0.0224. The van der Waals surface area contributed by atoms with E-state index in [2.05, 4.69) is 4.72 Å². The van der Waals surface area contributed by atoms with E-state index in [1.807, 2.05) is 31.2 Å². The first-order chi connectivity index (χ1) is 10.9. The fourth-order valence-corrected chi connectivity index (χ4v) is 3.56. The maximum absolute atomic E-state index is 12.4. The highest BCUT2D eigenvalue weighted by Gasteiger charge is 2.25. The van der Waals surface area contributed by atoms with Crippen molar-refractivity contribution in [3.8, 4) is 5.75 Å². The number of nitrogens with one attached hydrogen (secondary N) is 1. The van der Waals surface area contributed by atoms with Crippen LogP contribution in [0.4, 0.5) is 0 Å². The van der Waals surface area contributed by atoms with E-state index < -0.39 is 10.0 Å². The molecule has 1 aromatic rings. The predicted octanol–water partition coefficient (Wildman–Crippen LogP) is 1.17. The number of hydrogen-bond donors (Lipinski definition) is 1. The molecular weight excluding hydrogens is 316 g/mol. The van der Waals surface area contributed by atoms with Crippen LogP contribution in [0, 0.1) is 0 Å². The Morgan fingerprint density at radius 3 is 2.65 bits per heavy atom. The highest BCUT2D eigenvalue weighted by Crippen LogP contribution is 2.15. The standard InChI is InChI=1S/C16H24N2O4S/c1-3-22-15-8-6-13(7-9-15)11-16(19)18-10-4-5-14(12-18)17-23(2,20)21/h6-9,14,17H,3-5,10-12H2,1-2H3/t14-/m0/s1. The van der Waals surface area contributed by atoms with Crippen LogP contribution in [-0.4, -0.2) is 51.2 Å². The van der Waals surface area contributed by atoms with Crippen LogP contribution < -0.4 is 9.46 Å². The van der Waals surface area contributed by atoms with Gasteiger partial charge in [-0.25, -0.2) is 13.1 Å². The Kier molecular flexibility index (Phi) is 6.01. The van der Waals surface area contributed by atoms with Crippen LogP contribution >= 0.6 is 0 Å². The lowest BCUT2D eigenvalue weighted by molar-refractivity contribution is -0.131. The Hall–Kier alpha value is -1.60. The van der Waals surface area contributed by atoms with Gasteiger partial charge in [-0.2, -0.15) is 0 Å². The second kappa shape index (κ2) is 7.79. The second-order valence-electron chi connectivity index (χ2n) is 5.82. The molecule has 0 aromatic heterocycles. The molecule has 0 spiro atoms. The Morgan fingerprint density at radius 1 is 1.35 bits per heavy atom. The number of ether oxygens (including phenoxy) is 1. The van der Waals surface area contributed by atoms with E-state index in [9.17, 15) is 13.2 Å². The summed E-state index contributed by atoms with van der Waals surface area (Å²) >= 11 is 0. The number of sulfonamides is 1. The molecule has 0 radical (unpaired) electrons. The fraction of sp³-hybridized carbons (Fsp3) is 0.562.